The number of aryl methyl sites for hydroxylation is 2. The summed E-state index contributed by atoms with van der Waals surface area (Å²) in [7, 11) is 2.89. The molecule has 0 radical (unpaired) electrons. The molecule has 1 heterocycles. The van der Waals surface area contributed by atoms with E-state index in [4.69, 9.17) is 4.74 Å². The maximum Gasteiger partial charge on any atom is 0.354 e. The van der Waals surface area contributed by atoms with Crippen LogP contribution < -0.4 is 0 Å². The number of carbonyl (C=O) groups is 3. The van der Waals surface area contributed by atoms with Gasteiger partial charge in [-0.2, -0.15) is 0 Å². The summed E-state index contributed by atoms with van der Waals surface area (Å²) in [6, 6.07) is 6.52. The molecule has 1 aromatic carbocycles. The van der Waals surface area contributed by atoms with Crippen LogP contribution in [0.3, 0.4) is 0 Å². The number of aromatic nitrogens is 1. The Bertz CT molecular complexity index is 849. The molecule has 1 atom stereocenters. The van der Waals surface area contributed by atoms with E-state index in [1.165, 1.54) is 12.0 Å². The van der Waals surface area contributed by atoms with Gasteiger partial charge in [0.1, 0.15) is 5.69 Å². The molecule has 0 bridgehead atoms. The molecule has 0 aliphatic rings. The smallest absolute Gasteiger partial charge is 0.354 e. The number of nitrogens with one attached hydrogen (secondary N) is 1. The summed E-state index contributed by atoms with van der Waals surface area (Å²) in [5.74, 6) is -0.986. The number of esters is 1. The number of Topliss-reactive ketones (excluding diaryl/α,β-unsaturated/α-hetero) is 1. The molecule has 1 N–H and O–H groups in total. The molecule has 0 spiro atoms. The van der Waals surface area contributed by atoms with Gasteiger partial charge in [0.25, 0.3) is 5.91 Å². The van der Waals surface area contributed by atoms with Gasteiger partial charge in [-0.1, -0.05) is 17.7 Å². The highest BCUT2D eigenvalue weighted by atomic mass is 16.5. The summed E-state index contributed by atoms with van der Waals surface area (Å²) < 4.78 is 4.73. The normalized spacial score (nSPS) is 11.8. The largest absolute Gasteiger partial charge is 0.464 e. The van der Waals surface area contributed by atoms with Crippen LogP contribution in [0.4, 0.5) is 0 Å². The van der Waals surface area contributed by atoms with E-state index in [-0.39, 0.29) is 17.4 Å². The van der Waals surface area contributed by atoms with Crippen molar-refractivity contribution in [3.05, 3.63) is 57.9 Å². The number of H-pyrrole nitrogens is 1. The van der Waals surface area contributed by atoms with E-state index in [1.54, 1.807) is 40.0 Å². The fourth-order valence-corrected chi connectivity index (χ4v) is 2.89. The van der Waals surface area contributed by atoms with Crippen LogP contribution in [0.25, 0.3) is 0 Å². The first-order chi connectivity index (χ1) is 12.2. The lowest BCUT2D eigenvalue weighted by atomic mass is 9.99. The number of benzene rings is 1. The number of likely N-dealkylation sites (N-methyl/N-ethyl adjacent to an activating group) is 1. The number of methoxy groups -OCH3 is 1. The second-order valence-electron chi connectivity index (χ2n) is 6.44. The molecule has 1 amide bonds. The number of carbonyl (C=O) groups excluding carboxylic acids is 3. The lowest BCUT2D eigenvalue weighted by Gasteiger charge is -2.24. The topological polar surface area (TPSA) is 79.5 Å². The minimum absolute atomic E-state index is 0.227. The average molecular weight is 356 g/mol. The SMILES string of the molecule is COC(=O)c1[nH]c(C)c(C(=O)C(C)N(C)C(=O)c2ccc(C)cc2)c1C. The van der Waals surface area contributed by atoms with Gasteiger partial charge in [0.15, 0.2) is 5.78 Å². The zero-order valence-electron chi connectivity index (χ0n) is 16.0. The molecule has 2 rings (SSSR count). The molecule has 0 aliphatic carbocycles. The lowest BCUT2D eigenvalue weighted by Crippen LogP contribution is -2.40. The molecule has 0 saturated carbocycles. The molecule has 0 fully saturated rings. The van der Waals surface area contributed by atoms with Crippen LogP contribution >= 0.6 is 0 Å². The zero-order chi connectivity index (χ0) is 19.6. The van der Waals surface area contributed by atoms with E-state index in [1.807, 2.05) is 19.1 Å². The number of amides is 1. The van der Waals surface area contributed by atoms with Gasteiger partial charge in [0, 0.05) is 23.9 Å². The lowest BCUT2D eigenvalue weighted by molar-refractivity contribution is 0.0593. The van der Waals surface area contributed by atoms with Gasteiger partial charge in [-0.3, -0.25) is 9.59 Å². The van der Waals surface area contributed by atoms with Gasteiger partial charge in [-0.25, -0.2) is 4.79 Å². The number of hydrogen-bond acceptors (Lipinski definition) is 4. The summed E-state index contributed by atoms with van der Waals surface area (Å²) in [4.78, 5) is 41.8. The molecule has 0 aliphatic heterocycles. The first kappa shape index (κ1) is 19.4. The standard InChI is InChI=1S/C20H24N2O4/c1-11-7-9-15(10-8-11)19(24)22(5)14(4)18(23)16-12(2)17(20(25)26-6)21-13(16)3/h7-10,14,21H,1-6H3. The minimum atomic E-state index is -0.678. The first-order valence-electron chi connectivity index (χ1n) is 8.34. The summed E-state index contributed by atoms with van der Waals surface area (Å²) in [6.45, 7) is 7.04. The van der Waals surface area contributed by atoms with Crippen molar-refractivity contribution in [2.75, 3.05) is 14.2 Å². The Kier molecular flexibility index (Phi) is 5.65. The molecular formula is C20H24N2O4. The van der Waals surface area contributed by atoms with Gasteiger partial charge >= 0.3 is 5.97 Å². The van der Waals surface area contributed by atoms with Crippen LogP contribution in [0.15, 0.2) is 24.3 Å². The molecule has 6 nitrogen and oxygen atoms in total. The highest BCUT2D eigenvalue weighted by Crippen LogP contribution is 2.22. The summed E-state index contributed by atoms with van der Waals surface area (Å²) in [5, 5.41) is 0. The fraction of sp³-hybridized carbons (Fsp3) is 0.350. The Morgan fingerprint density at radius 3 is 2.19 bits per heavy atom. The van der Waals surface area contributed by atoms with Crippen molar-refractivity contribution in [1.29, 1.82) is 0 Å². The van der Waals surface area contributed by atoms with E-state index in [0.29, 0.717) is 22.4 Å². The van der Waals surface area contributed by atoms with Crippen molar-refractivity contribution >= 4 is 17.7 Å². The van der Waals surface area contributed by atoms with Gasteiger partial charge in [0.2, 0.25) is 0 Å². The molecule has 26 heavy (non-hydrogen) atoms. The first-order valence-corrected chi connectivity index (χ1v) is 8.34. The monoisotopic (exact) mass is 356 g/mol. The quantitative estimate of drug-likeness (QED) is 0.659. The Morgan fingerprint density at radius 1 is 1.08 bits per heavy atom. The highest BCUT2D eigenvalue weighted by molar-refractivity contribution is 6.07. The second kappa shape index (κ2) is 7.56. The van der Waals surface area contributed by atoms with E-state index in [2.05, 4.69) is 4.98 Å². The number of ketones is 1. The van der Waals surface area contributed by atoms with Crippen molar-refractivity contribution in [3.63, 3.8) is 0 Å². The molecular weight excluding hydrogens is 332 g/mol. The van der Waals surface area contributed by atoms with Gasteiger partial charge in [-0.05, 0) is 45.4 Å². The van der Waals surface area contributed by atoms with Gasteiger partial charge in [0.05, 0.1) is 13.2 Å². The van der Waals surface area contributed by atoms with Crippen molar-refractivity contribution in [2.24, 2.45) is 0 Å². The molecule has 0 saturated heterocycles. The average Bonchev–Trinajstić information content (AvgIpc) is 2.93. The third kappa shape index (κ3) is 3.54. The molecule has 6 heteroatoms. The molecule has 1 aromatic heterocycles. The van der Waals surface area contributed by atoms with Gasteiger partial charge < -0.3 is 14.6 Å². The Balaban J connectivity index is 2.29. The predicted octanol–water partition coefficient (Wildman–Crippen LogP) is 3.07. The summed E-state index contributed by atoms with van der Waals surface area (Å²) >= 11 is 0. The van der Waals surface area contributed by atoms with Crippen LogP contribution in [0.5, 0.6) is 0 Å². The second-order valence-corrected chi connectivity index (χ2v) is 6.44. The third-order valence-electron chi connectivity index (χ3n) is 4.65. The van der Waals surface area contributed by atoms with Crippen molar-refractivity contribution in [2.45, 2.75) is 33.7 Å². The Hall–Kier alpha value is -2.89. The maximum atomic E-state index is 13.0. The molecule has 2 aromatic rings. The van der Waals surface area contributed by atoms with Crippen molar-refractivity contribution in [1.82, 2.24) is 9.88 Å². The van der Waals surface area contributed by atoms with E-state index in [9.17, 15) is 14.4 Å². The third-order valence-corrected chi connectivity index (χ3v) is 4.65. The maximum absolute atomic E-state index is 13.0. The van der Waals surface area contributed by atoms with Crippen molar-refractivity contribution < 1.29 is 19.1 Å². The van der Waals surface area contributed by atoms with Crippen LogP contribution in [0, 0.1) is 20.8 Å². The van der Waals surface area contributed by atoms with E-state index in [0.717, 1.165) is 5.56 Å². The molecule has 138 valence electrons. The number of ether oxygens (including phenoxy) is 1. The fourth-order valence-electron chi connectivity index (χ4n) is 2.89. The van der Waals surface area contributed by atoms with E-state index >= 15 is 0 Å². The van der Waals surface area contributed by atoms with Crippen LogP contribution in [0.2, 0.25) is 0 Å². The Morgan fingerprint density at radius 2 is 1.65 bits per heavy atom. The summed E-state index contributed by atoms with van der Waals surface area (Å²) in [5.41, 5.74) is 3.37. The van der Waals surface area contributed by atoms with E-state index < -0.39 is 12.0 Å². The summed E-state index contributed by atoms with van der Waals surface area (Å²) in [6.07, 6.45) is 0. The zero-order valence-corrected chi connectivity index (χ0v) is 16.0. The van der Waals surface area contributed by atoms with Crippen molar-refractivity contribution in [3.8, 4) is 0 Å². The predicted molar refractivity (Wildman–Crippen MR) is 98.7 cm³/mol. The minimum Gasteiger partial charge on any atom is -0.464 e. The Labute approximate surface area is 153 Å². The van der Waals surface area contributed by atoms with Gasteiger partial charge in [-0.15, -0.1) is 0 Å². The van der Waals surface area contributed by atoms with Crippen LogP contribution in [-0.2, 0) is 4.74 Å². The van der Waals surface area contributed by atoms with Crippen LogP contribution in [0.1, 0.15) is 54.9 Å². The number of rotatable bonds is 5. The highest BCUT2D eigenvalue weighted by Gasteiger charge is 2.29. The molecule has 1 unspecified atom stereocenters. The van der Waals surface area contributed by atoms with Crippen LogP contribution in [-0.4, -0.2) is 47.7 Å². The number of nitrogens with zero attached hydrogens (tertiary/aromatic N) is 1. The number of hydrogen-bond donors (Lipinski definition) is 1. The number of aromatic amines is 1.